The molecule has 27 heavy (non-hydrogen) atoms. The predicted molar refractivity (Wildman–Crippen MR) is 104 cm³/mol. The number of benzene rings is 1. The molecule has 1 atom stereocenters. The van der Waals surface area contributed by atoms with Gasteiger partial charge in [-0.25, -0.2) is 0 Å². The first-order valence-electron chi connectivity index (χ1n) is 9.36. The normalized spacial score (nSPS) is 17.0. The molecule has 0 aliphatic carbocycles. The number of carbonyl (C=O) groups excluding carboxylic acids is 1. The average Bonchev–Trinajstić information content (AvgIpc) is 3.12. The maximum Gasteiger partial charge on any atom is 0.241 e. The van der Waals surface area contributed by atoms with Crippen molar-refractivity contribution in [2.45, 2.75) is 32.9 Å². The lowest BCUT2D eigenvalue weighted by molar-refractivity contribution is -0.123. The van der Waals surface area contributed by atoms with E-state index in [9.17, 15) is 4.79 Å². The van der Waals surface area contributed by atoms with Gasteiger partial charge in [-0.1, -0.05) is 35.8 Å². The van der Waals surface area contributed by atoms with E-state index in [-0.39, 0.29) is 11.9 Å². The van der Waals surface area contributed by atoms with Gasteiger partial charge in [-0.15, -0.1) is 0 Å². The van der Waals surface area contributed by atoms with Crippen LogP contribution in [0.25, 0.3) is 11.4 Å². The van der Waals surface area contributed by atoms with Crippen LogP contribution in [0.1, 0.15) is 26.2 Å². The van der Waals surface area contributed by atoms with Crippen molar-refractivity contribution in [2.75, 3.05) is 32.7 Å². The minimum absolute atomic E-state index is 0.0980. The average molecular weight is 392 g/mol. The summed E-state index contributed by atoms with van der Waals surface area (Å²) in [6.07, 6.45) is 0.945. The fourth-order valence-electron chi connectivity index (χ4n) is 2.99. The Morgan fingerprint density at radius 2 is 2.04 bits per heavy atom. The van der Waals surface area contributed by atoms with Crippen molar-refractivity contribution >= 4 is 17.5 Å². The molecular weight excluding hydrogens is 366 g/mol. The van der Waals surface area contributed by atoms with Gasteiger partial charge in [-0.2, -0.15) is 4.98 Å². The molecule has 1 saturated heterocycles. The molecule has 146 valence electrons. The van der Waals surface area contributed by atoms with Crippen molar-refractivity contribution in [1.82, 2.24) is 25.3 Å². The van der Waals surface area contributed by atoms with E-state index in [2.05, 4.69) is 32.2 Å². The molecule has 1 fully saturated rings. The summed E-state index contributed by atoms with van der Waals surface area (Å²) < 4.78 is 5.39. The van der Waals surface area contributed by atoms with Gasteiger partial charge in [0, 0.05) is 42.8 Å². The van der Waals surface area contributed by atoms with Crippen molar-refractivity contribution in [2.24, 2.45) is 0 Å². The lowest BCUT2D eigenvalue weighted by atomic mass is 10.2. The van der Waals surface area contributed by atoms with Gasteiger partial charge < -0.3 is 9.84 Å². The predicted octanol–water partition coefficient (Wildman–Crippen LogP) is 2.42. The Balaban J connectivity index is 1.46. The number of nitrogens with zero attached hydrogens (tertiary/aromatic N) is 4. The summed E-state index contributed by atoms with van der Waals surface area (Å²) >= 11 is 6.02. The van der Waals surface area contributed by atoms with Crippen LogP contribution >= 0.6 is 11.6 Å². The van der Waals surface area contributed by atoms with Crippen LogP contribution in [-0.2, 0) is 11.3 Å². The van der Waals surface area contributed by atoms with Gasteiger partial charge in [0.2, 0.25) is 17.6 Å². The summed E-state index contributed by atoms with van der Waals surface area (Å²) in [6, 6.07) is 7.63. The molecule has 0 radical (unpaired) electrons. The third-order valence-electron chi connectivity index (χ3n) is 4.76. The zero-order valence-electron chi connectivity index (χ0n) is 15.8. The molecule has 0 saturated carbocycles. The minimum atomic E-state index is 0.0980. The number of rotatable bonds is 7. The van der Waals surface area contributed by atoms with Crippen LogP contribution < -0.4 is 5.32 Å². The number of nitrogens with one attached hydrogen (secondary N) is 1. The van der Waals surface area contributed by atoms with E-state index in [1.807, 2.05) is 31.2 Å². The number of amides is 1. The van der Waals surface area contributed by atoms with Gasteiger partial charge in [0.15, 0.2) is 0 Å². The van der Waals surface area contributed by atoms with E-state index >= 15 is 0 Å². The first-order chi connectivity index (χ1) is 13.0. The molecule has 1 aliphatic heterocycles. The monoisotopic (exact) mass is 391 g/mol. The van der Waals surface area contributed by atoms with E-state index < -0.39 is 0 Å². The van der Waals surface area contributed by atoms with Gasteiger partial charge in [0.1, 0.15) is 0 Å². The highest BCUT2D eigenvalue weighted by molar-refractivity contribution is 6.30. The van der Waals surface area contributed by atoms with Crippen molar-refractivity contribution in [1.29, 1.82) is 0 Å². The second-order valence-electron chi connectivity index (χ2n) is 6.95. The van der Waals surface area contributed by atoms with Gasteiger partial charge in [0.05, 0.1) is 13.1 Å². The fraction of sp³-hybridized carbons (Fsp3) is 0.526. The molecule has 2 heterocycles. The lowest BCUT2D eigenvalue weighted by Crippen LogP contribution is -2.49. The summed E-state index contributed by atoms with van der Waals surface area (Å²) in [5, 5.41) is 7.71. The molecule has 8 heteroatoms. The van der Waals surface area contributed by atoms with Crippen LogP contribution in [0, 0.1) is 0 Å². The van der Waals surface area contributed by atoms with E-state index in [1.54, 1.807) is 0 Å². The second-order valence-corrected chi connectivity index (χ2v) is 7.39. The summed E-state index contributed by atoms with van der Waals surface area (Å²) in [7, 11) is 0. The molecule has 3 rings (SSSR count). The number of carbonyl (C=O) groups is 1. The van der Waals surface area contributed by atoms with Gasteiger partial charge in [-0.3, -0.25) is 14.6 Å². The molecule has 7 nitrogen and oxygen atoms in total. The van der Waals surface area contributed by atoms with Crippen LogP contribution in [0.15, 0.2) is 28.8 Å². The highest BCUT2D eigenvalue weighted by Gasteiger charge is 2.21. The quantitative estimate of drug-likeness (QED) is 0.781. The molecule has 1 aromatic heterocycles. The Morgan fingerprint density at radius 1 is 1.30 bits per heavy atom. The summed E-state index contributed by atoms with van der Waals surface area (Å²) in [4.78, 5) is 20.9. The second kappa shape index (κ2) is 9.30. The van der Waals surface area contributed by atoms with Crippen molar-refractivity contribution in [3.05, 3.63) is 35.2 Å². The zero-order chi connectivity index (χ0) is 19.2. The Hall–Kier alpha value is -1.96. The smallest absolute Gasteiger partial charge is 0.241 e. The maximum absolute atomic E-state index is 12.0. The number of hydrogen-bond acceptors (Lipinski definition) is 6. The number of halogens is 1. The molecule has 1 N–H and O–H groups in total. The topological polar surface area (TPSA) is 74.5 Å². The number of hydrogen-bond donors (Lipinski definition) is 1. The molecule has 0 spiro atoms. The molecule has 0 bridgehead atoms. The Kier molecular flexibility index (Phi) is 6.82. The summed E-state index contributed by atoms with van der Waals surface area (Å²) in [5.41, 5.74) is 0.842. The fourth-order valence-corrected chi connectivity index (χ4v) is 3.18. The van der Waals surface area contributed by atoms with Crippen LogP contribution in [0.3, 0.4) is 0 Å². The van der Waals surface area contributed by atoms with Crippen LogP contribution in [0.5, 0.6) is 0 Å². The summed E-state index contributed by atoms with van der Waals surface area (Å²) in [5.74, 6) is 1.24. The third-order valence-corrected chi connectivity index (χ3v) is 5.00. The molecule has 1 aromatic carbocycles. The molecule has 1 amide bonds. The maximum atomic E-state index is 12.0. The van der Waals surface area contributed by atoms with Crippen LogP contribution in [0.2, 0.25) is 5.02 Å². The Morgan fingerprint density at radius 3 is 2.74 bits per heavy atom. The molecule has 1 unspecified atom stereocenters. The standard InChI is InChI=1S/C19H26ClN5O2/c1-3-14(2)21-17(26)12-24-7-9-25(10-8-24)13-18-22-19(23-27-18)15-5-4-6-16(20)11-15/h4-6,11,14H,3,7-10,12-13H2,1-2H3,(H,21,26). The zero-order valence-corrected chi connectivity index (χ0v) is 16.6. The van der Waals surface area contributed by atoms with Gasteiger partial charge in [0.25, 0.3) is 0 Å². The minimum Gasteiger partial charge on any atom is -0.353 e. The Bertz CT molecular complexity index is 758. The van der Waals surface area contributed by atoms with E-state index in [0.717, 1.165) is 38.2 Å². The number of piperazine rings is 1. The molecule has 1 aliphatic rings. The van der Waals surface area contributed by atoms with Crippen LogP contribution in [0.4, 0.5) is 0 Å². The number of aromatic nitrogens is 2. The van der Waals surface area contributed by atoms with Crippen molar-refractivity contribution in [3.8, 4) is 11.4 Å². The lowest BCUT2D eigenvalue weighted by Gasteiger charge is -2.33. The van der Waals surface area contributed by atoms with Gasteiger partial charge >= 0.3 is 0 Å². The van der Waals surface area contributed by atoms with Crippen LogP contribution in [-0.4, -0.2) is 64.6 Å². The van der Waals surface area contributed by atoms with Crippen molar-refractivity contribution in [3.63, 3.8) is 0 Å². The first kappa shape index (κ1) is 19.8. The SMILES string of the molecule is CCC(C)NC(=O)CN1CCN(Cc2nc(-c3cccc(Cl)c3)no2)CC1. The van der Waals surface area contributed by atoms with E-state index in [4.69, 9.17) is 16.1 Å². The van der Waals surface area contributed by atoms with Crippen molar-refractivity contribution < 1.29 is 9.32 Å². The largest absolute Gasteiger partial charge is 0.353 e. The Labute approximate surface area is 164 Å². The first-order valence-corrected chi connectivity index (χ1v) is 9.74. The highest BCUT2D eigenvalue weighted by Crippen LogP contribution is 2.20. The summed E-state index contributed by atoms with van der Waals surface area (Å²) in [6.45, 7) is 8.60. The van der Waals surface area contributed by atoms with E-state index in [0.29, 0.717) is 29.8 Å². The third kappa shape index (κ3) is 5.76. The molecule has 2 aromatic rings. The van der Waals surface area contributed by atoms with E-state index in [1.165, 1.54) is 0 Å². The highest BCUT2D eigenvalue weighted by atomic mass is 35.5. The van der Waals surface area contributed by atoms with Gasteiger partial charge in [-0.05, 0) is 25.5 Å². The molecular formula is C19H26ClN5O2.